The highest BCUT2D eigenvalue weighted by Crippen LogP contribution is 2.35. The number of fused-ring (bicyclic) bond motifs is 2. The monoisotopic (exact) mass is 367 g/mol. The molecule has 7 heteroatoms. The van der Waals surface area contributed by atoms with Crippen molar-refractivity contribution in [2.75, 3.05) is 33.0 Å². The van der Waals surface area contributed by atoms with Crippen LogP contribution in [-0.4, -0.2) is 42.9 Å². The Morgan fingerprint density at radius 2 is 1.88 bits per heavy atom. The molecule has 1 aliphatic heterocycles. The number of aromatic nitrogens is 1. The Morgan fingerprint density at radius 3 is 2.60 bits per heavy atom. The molecule has 25 heavy (non-hydrogen) atoms. The van der Waals surface area contributed by atoms with Crippen molar-refractivity contribution < 1.29 is 9.47 Å². The van der Waals surface area contributed by atoms with Gasteiger partial charge < -0.3 is 24.7 Å². The van der Waals surface area contributed by atoms with Gasteiger partial charge in [-0.1, -0.05) is 13.8 Å². The highest BCUT2D eigenvalue weighted by molar-refractivity contribution is 5.85. The quantitative estimate of drug-likeness (QED) is 0.702. The molecule has 0 amide bonds. The molecule has 1 aliphatic rings. The molecule has 0 saturated carbocycles. The first-order valence-corrected chi connectivity index (χ1v) is 8.60. The van der Waals surface area contributed by atoms with Crippen LogP contribution in [0.1, 0.15) is 25.8 Å². The summed E-state index contributed by atoms with van der Waals surface area (Å²) in [7, 11) is 0. The van der Waals surface area contributed by atoms with Crippen LogP contribution < -0.4 is 20.3 Å². The molecule has 1 aromatic carbocycles. The van der Waals surface area contributed by atoms with E-state index in [0.29, 0.717) is 12.3 Å². The van der Waals surface area contributed by atoms with Gasteiger partial charge in [0, 0.05) is 23.6 Å². The molecule has 2 heterocycles. The van der Waals surface area contributed by atoms with Gasteiger partial charge in [0.15, 0.2) is 11.5 Å². The van der Waals surface area contributed by atoms with Crippen LogP contribution in [0.25, 0.3) is 10.9 Å². The lowest BCUT2D eigenvalue weighted by Gasteiger charge is -2.17. The van der Waals surface area contributed by atoms with Crippen LogP contribution in [-0.2, 0) is 6.54 Å². The zero-order valence-electron chi connectivity index (χ0n) is 14.8. The van der Waals surface area contributed by atoms with Crippen LogP contribution >= 0.6 is 12.4 Å². The zero-order valence-corrected chi connectivity index (χ0v) is 15.6. The molecule has 138 valence electrons. The fourth-order valence-corrected chi connectivity index (χ4v) is 2.96. The van der Waals surface area contributed by atoms with E-state index in [1.807, 2.05) is 18.2 Å². The summed E-state index contributed by atoms with van der Waals surface area (Å²) in [4.78, 5) is 17.5. The normalized spacial score (nSPS) is 12.6. The molecule has 6 nitrogen and oxygen atoms in total. The topological polar surface area (TPSA) is 66.6 Å². The van der Waals surface area contributed by atoms with Gasteiger partial charge in [0.2, 0.25) is 6.79 Å². The number of rotatable bonds is 8. The van der Waals surface area contributed by atoms with Crippen molar-refractivity contribution in [3.63, 3.8) is 0 Å². The van der Waals surface area contributed by atoms with E-state index in [2.05, 4.69) is 29.0 Å². The number of H-pyrrole nitrogens is 1. The fraction of sp³-hybridized carbons (Fsp3) is 0.500. The van der Waals surface area contributed by atoms with Gasteiger partial charge in [0.1, 0.15) is 0 Å². The average molecular weight is 368 g/mol. The highest BCUT2D eigenvalue weighted by Gasteiger charge is 2.15. The molecule has 0 radical (unpaired) electrons. The van der Waals surface area contributed by atoms with Crippen molar-refractivity contribution in [2.24, 2.45) is 0 Å². The first-order chi connectivity index (χ1) is 11.7. The molecule has 0 atom stereocenters. The predicted octanol–water partition coefficient (Wildman–Crippen LogP) is 2.50. The van der Waals surface area contributed by atoms with Crippen molar-refractivity contribution in [3.8, 4) is 11.5 Å². The van der Waals surface area contributed by atoms with Gasteiger partial charge in [-0.05, 0) is 44.7 Å². The summed E-state index contributed by atoms with van der Waals surface area (Å²) in [5, 5.41) is 4.32. The summed E-state index contributed by atoms with van der Waals surface area (Å²) >= 11 is 0. The van der Waals surface area contributed by atoms with Crippen LogP contribution in [0.2, 0.25) is 0 Å². The van der Waals surface area contributed by atoms with Gasteiger partial charge in [0.25, 0.3) is 5.56 Å². The van der Waals surface area contributed by atoms with Crippen molar-refractivity contribution >= 4 is 23.3 Å². The van der Waals surface area contributed by atoms with Gasteiger partial charge in [-0.15, -0.1) is 12.4 Å². The van der Waals surface area contributed by atoms with E-state index in [0.717, 1.165) is 54.8 Å². The minimum Gasteiger partial charge on any atom is -0.454 e. The molecule has 0 aliphatic carbocycles. The minimum absolute atomic E-state index is 0. The summed E-state index contributed by atoms with van der Waals surface area (Å²) in [5.74, 6) is 1.41. The van der Waals surface area contributed by atoms with E-state index < -0.39 is 0 Å². The standard InChI is InChI=1S/C18H25N3O3.ClH/c1-3-21(4-2)7-5-6-19-11-14-8-13-9-16-17(24-12-23-16)10-15(13)20-18(14)22;/h8-10,19H,3-7,11-12H2,1-2H3,(H,20,22);1H. The van der Waals surface area contributed by atoms with Gasteiger partial charge >= 0.3 is 0 Å². The molecule has 0 saturated heterocycles. The van der Waals surface area contributed by atoms with Crippen molar-refractivity contribution in [1.82, 2.24) is 15.2 Å². The first-order valence-electron chi connectivity index (χ1n) is 8.60. The van der Waals surface area contributed by atoms with Crippen molar-refractivity contribution in [1.29, 1.82) is 0 Å². The summed E-state index contributed by atoms with van der Waals surface area (Å²) < 4.78 is 10.7. The lowest BCUT2D eigenvalue weighted by molar-refractivity contribution is 0.174. The molecule has 0 unspecified atom stereocenters. The van der Waals surface area contributed by atoms with Crippen LogP contribution in [0.4, 0.5) is 0 Å². The fourth-order valence-electron chi connectivity index (χ4n) is 2.96. The summed E-state index contributed by atoms with van der Waals surface area (Å²) in [6, 6.07) is 5.66. The Balaban J connectivity index is 0.00000225. The van der Waals surface area contributed by atoms with Crippen molar-refractivity contribution in [3.05, 3.63) is 34.1 Å². The number of nitrogens with one attached hydrogen (secondary N) is 2. The van der Waals surface area contributed by atoms with E-state index in [1.165, 1.54) is 0 Å². The van der Waals surface area contributed by atoms with E-state index in [9.17, 15) is 4.79 Å². The molecule has 0 spiro atoms. The number of halogens is 1. The van der Waals surface area contributed by atoms with Crippen LogP contribution in [0.3, 0.4) is 0 Å². The van der Waals surface area contributed by atoms with E-state index in [1.54, 1.807) is 0 Å². The summed E-state index contributed by atoms with van der Waals surface area (Å²) in [5.41, 5.74) is 1.45. The smallest absolute Gasteiger partial charge is 0.252 e. The average Bonchev–Trinajstić information content (AvgIpc) is 3.03. The second kappa shape index (κ2) is 9.08. The van der Waals surface area contributed by atoms with Gasteiger partial charge in [-0.2, -0.15) is 0 Å². The molecular formula is C18H26ClN3O3. The number of hydrogen-bond donors (Lipinski definition) is 2. The Kier molecular flexibility index (Phi) is 7.11. The number of nitrogens with zero attached hydrogens (tertiary/aromatic N) is 1. The van der Waals surface area contributed by atoms with Crippen molar-refractivity contribution in [2.45, 2.75) is 26.8 Å². The van der Waals surface area contributed by atoms with E-state index in [-0.39, 0.29) is 24.8 Å². The predicted molar refractivity (Wildman–Crippen MR) is 102 cm³/mol. The number of benzene rings is 1. The second-order valence-corrected chi connectivity index (χ2v) is 5.97. The van der Waals surface area contributed by atoms with Crippen LogP contribution in [0, 0.1) is 0 Å². The maximum Gasteiger partial charge on any atom is 0.252 e. The third kappa shape index (κ3) is 4.66. The molecule has 3 rings (SSSR count). The molecule has 2 N–H and O–H groups in total. The first kappa shape index (κ1) is 19.6. The van der Waals surface area contributed by atoms with Gasteiger partial charge in [-0.25, -0.2) is 0 Å². The maximum atomic E-state index is 12.2. The second-order valence-electron chi connectivity index (χ2n) is 5.97. The molecule has 0 fully saturated rings. The number of ether oxygens (including phenoxy) is 2. The lowest BCUT2D eigenvalue weighted by Crippen LogP contribution is -2.28. The third-order valence-electron chi connectivity index (χ3n) is 4.45. The molecular weight excluding hydrogens is 342 g/mol. The SMILES string of the molecule is CCN(CC)CCCNCc1cc2cc3c(cc2[nH]c1=O)OCO3.Cl. The molecule has 2 aromatic rings. The molecule has 0 bridgehead atoms. The highest BCUT2D eigenvalue weighted by atomic mass is 35.5. The van der Waals surface area contributed by atoms with E-state index >= 15 is 0 Å². The minimum atomic E-state index is -0.0578. The molecule has 1 aromatic heterocycles. The Labute approximate surface area is 153 Å². The Bertz CT molecular complexity index is 759. The van der Waals surface area contributed by atoms with Crippen LogP contribution in [0.15, 0.2) is 23.0 Å². The third-order valence-corrected chi connectivity index (χ3v) is 4.45. The lowest BCUT2D eigenvalue weighted by atomic mass is 10.1. The maximum absolute atomic E-state index is 12.2. The zero-order chi connectivity index (χ0) is 16.9. The number of pyridine rings is 1. The summed E-state index contributed by atoms with van der Waals surface area (Å²) in [6.45, 7) is 9.30. The van der Waals surface area contributed by atoms with E-state index in [4.69, 9.17) is 9.47 Å². The summed E-state index contributed by atoms with van der Waals surface area (Å²) in [6.07, 6.45) is 1.08. The van der Waals surface area contributed by atoms with Gasteiger partial charge in [0.05, 0.1) is 5.52 Å². The Morgan fingerprint density at radius 1 is 1.16 bits per heavy atom. The Hall–Kier alpha value is -1.76. The largest absolute Gasteiger partial charge is 0.454 e. The van der Waals surface area contributed by atoms with Gasteiger partial charge in [-0.3, -0.25) is 4.79 Å². The number of aromatic amines is 1. The number of hydrogen-bond acceptors (Lipinski definition) is 5. The van der Waals surface area contributed by atoms with Crippen LogP contribution in [0.5, 0.6) is 11.5 Å².